The number of nitriles is 2. The third-order valence-electron chi connectivity index (χ3n) is 4.15. The molecule has 6 nitrogen and oxygen atoms in total. The zero-order valence-electron chi connectivity index (χ0n) is 15.9. The van der Waals surface area contributed by atoms with Crippen LogP contribution in [0.3, 0.4) is 0 Å². The fraction of sp³-hybridized carbons (Fsp3) is 0.0909. The molecule has 2 aromatic carbocycles. The molecule has 0 atom stereocenters. The lowest BCUT2D eigenvalue weighted by Gasteiger charge is -2.00. The Morgan fingerprint density at radius 2 is 1.10 bits per heavy atom. The highest BCUT2D eigenvalue weighted by molar-refractivity contribution is 7.15. The summed E-state index contributed by atoms with van der Waals surface area (Å²) in [4.78, 5) is 10.1. The Morgan fingerprint density at radius 3 is 1.43 bits per heavy atom. The summed E-state index contributed by atoms with van der Waals surface area (Å²) in [5.74, 6) is 0. The molecule has 30 heavy (non-hydrogen) atoms. The van der Waals surface area contributed by atoms with Gasteiger partial charge in [0.15, 0.2) is 10.3 Å². The minimum Gasteiger partial charge on any atom is -0.375 e. The molecule has 0 aliphatic carbocycles. The molecule has 0 fully saturated rings. The number of aromatic nitrogens is 2. The first-order valence-corrected chi connectivity index (χ1v) is 10.6. The van der Waals surface area contributed by atoms with Crippen LogP contribution in [-0.4, -0.2) is 9.97 Å². The van der Waals surface area contributed by atoms with E-state index in [-0.39, 0.29) is 0 Å². The highest BCUT2D eigenvalue weighted by atomic mass is 32.1. The van der Waals surface area contributed by atoms with Gasteiger partial charge in [0.1, 0.15) is 0 Å². The van der Waals surface area contributed by atoms with E-state index in [1.165, 1.54) is 22.7 Å². The summed E-state index contributed by atoms with van der Waals surface area (Å²) in [6.07, 6.45) is 4.96. The maximum Gasteiger partial charge on any atom is 0.180 e. The van der Waals surface area contributed by atoms with Crippen molar-refractivity contribution in [1.29, 1.82) is 10.5 Å². The fourth-order valence-electron chi connectivity index (χ4n) is 2.75. The number of rotatable bonds is 4. The van der Waals surface area contributed by atoms with Crippen molar-refractivity contribution < 1.29 is 0 Å². The van der Waals surface area contributed by atoms with E-state index in [1.807, 2.05) is 48.5 Å². The summed E-state index contributed by atoms with van der Waals surface area (Å²) in [5.41, 5.74) is 14.5. The number of thiazole rings is 2. The summed E-state index contributed by atoms with van der Waals surface area (Å²) >= 11 is 2.92. The summed E-state index contributed by atoms with van der Waals surface area (Å²) in [5, 5.41) is 19.0. The van der Waals surface area contributed by atoms with Crippen LogP contribution in [0.2, 0.25) is 0 Å². The van der Waals surface area contributed by atoms with Gasteiger partial charge in [-0.2, -0.15) is 10.5 Å². The Balaban J connectivity index is 0.000000171. The van der Waals surface area contributed by atoms with Crippen LogP contribution in [0, 0.1) is 22.7 Å². The number of hydrogen-bond acceptors (Lipinski definition) is 8. The monoisotopic (exact) mass is 430 g/mol. The predicted molar refractivity (Wildman–Crippen MR) is 121 cm³/mol. The van der Waals surface area contributed by atoms with Gasteiger partial charge in [-0.25, -0.2) is 9.97 Å². The van der Waals surface area contributed by atoms with Crippen molar-refractivity contribution in [3.05, 3.63) is 92.9 Å². The SMILES string of the molecule is N#Cc1ccccc1Cc1cnc(N)s1.N#Cc1ccccc1Cc1cnc(N)s1. The molecular formula is C22H18N6S2. The number of hydrogen-bond donors (Lipinski definition) is 2. The third-order valence-corrected chi connectivity index (χ3v) is 5.80. The van der Waals surface area contributed by atoms with Crippen LogP contribution < -0.4 is 11.5 Å². The Kier molecular flexibility index (Phi) is 7.12. The van der Waals surface area contributed by atoms with Gasteiger partial charge >= 0.3 is 0 Å². The molecule has 4 N–H and O–H groups in total. The average molecular weight is 431 g/mol. The van der Waals surface area contributed by atoms with Crippen LogP contribution in [0.5, 0.6) is 0 Å². The predicted octanol–water partition coefficient (Wildman–Crippen LogP) is 4.38. The zero-order chi connectivity index (χ0) is 21.3. The molecule has 0 amide bonds. The van der Waals surface area contributed by atoms with E-state index in [1.54, 1.807) is 12.4 Å². The largest absolute Gasteiger partial charge is 0.375 e. The lowest BCUT2D eigenvalue weighted by atomic mass is 10.1. The van der Waals surface area contributed by atoms with E-state index >= 15 is 0 Å². The van der Waals surface area contributed by atoms with Crippen LogP contribution >= 0.6 is 22.7 Å². The van der Waals surface area contributed by atoms with Gasteiger partial charge in [0.05, 0.1) is 23.3 Å². The quantitative estimate of drug-likeness (QED) is 0.495. The van der Waals surface area contributed by atoms with Gasteiger partial charge in [-0.1, -0.05) is 36.4 Å². The molecule has 0 aliphatic rings. The third kappa shape index (κ3) is 5.65. The summed E-state index contributed by atoms with van der Waals surface area (Å²) in [6.45, 7) is 0. The molecule has 8 heteroatoms. The van der Waals surface area contributed by atoms with Crippen molar-refractivity contribution in [2.45, 2.75) is 12.8 Å². The number of nitrogen functional groups attached to an aromatic ring is 2. The van der Waals surface area contributed by atoms with E-state index in [0.717, 1.165) is 33.7 Å². The van der Waals surface area contributed by atoms with Crippen LogP contribution in [0.4, 0.5) is 10.3 Å². The first kappa shape index (κ1) is 21.0. The van der Waals surface area contributed by atoms with Crippen molar-refractivity contribution in [3.63, 3.8) is 0 Å². The molecule has 2 heterocycles. The van der Waals surface area contributed by atoms with Crippen molar-refractivity contribution in [2.75, 3.05) is 11.5 Å². The van der Waals surface area contributed by atoms with Crippen LogP contribution in [0.15, 0.2) is 60.9 Å². The molecule has 0 radical (unpaired) electrons. The lowest BCUT2D eigenvalue weighted by Crippen LogP contribution is -1.89. The second-order valence-corrected chi connectivity index (χ2v) is 8.51. The van der Waals surface area contributed by atoms with Gasteiger partial charge in [0, 0.05) is 35.0 Å². The van der Waals surface area contributed by atoms with E-state index < -0.39 is 0 Å². The Labute approximate surface area is 182 Å². The Hall–Kier alpha value is -3.72. The smallest absolute Gasteiger partial charge is 0.180 e. The Morgan fingerprint density at radius 1 is 0.700 bits per heavy atom. The molecule has 0 unspecified atom stereocenters. The zero-order valence-corrected chi connectivity index (χ0v) is 17.6. The number of nitrogens with two attached hydrogens (primary N) is 2. The molecule has 4 rings (SSSR count). The molecule has 0 aliphatic heterocycles. The molecule has 0 spiro atoms. The van der Waals surface area contributed by atoms with Crippen LogP contribution in [-0.2, 0) is 12.8 Å². The number of anilines is 2. The van der Waals surface area contributed by atoms with Gasteiger partial charge < -0.3 is 11.5 Å². The van der Waals surface area contributed by atoms with Gasteiger partial charge in [-0.3, -0.25) is 0 Å². The minimum absolute atomic E-state index is 0.569. The minimum atomic E-state index is 0.569. The van der Waals surface area contributed by atoms with Gasteiger partial charge in [-0.05, 0) is 23.3 Å². The lowest BCUT2D eigenvalue weighted by molar-refractivity contribution is 1.20. The first-order chi connectivity index (χ1) is 14.6. The van der Waals surface area contributed by atoms with Crippen LogP contribution in [0.25, 0.3) is 0 Å². The molecule has 0 bridgehead atoms. The van der Waals surface area contributed by atoms with E-state index in [9.17, 15) is 0 Å². The van der Waals surface area contributed by atoms with E-state index in [0.29, 0.717) is 21.4 Å². The molecule has 4 aromatic rings. The standard InChI is InChI=1S/2C11H9N3S/c2*12-6-9-4-2-1-3-8(9)5-10-7-14-11(13)15-10/h2*1-4,7H,5H2,(H2,13,14). The highest BCUT2D eigenvalue weighted by Gasteiger charge is 2.05. The fourth-order valence-corrected chi connectivity index (χ4v) is 4.17. The van der Waals surface area contributed by atoms with E-state index in [4.69, 9.17) is 22.0 Å². The van der Waals surface area contributed by atoms with Gasteiger partial charge in [0.2, 0.25) is 0 Å². The topological polar surface area (TPSA) is 125 Å². The van der Waals surface area contributed by atoms with Crippen molar-refractivity contribution in [1.82, 2.24) is 9.97 Å². The summed E-state index contributed by atoms with van der Waals surface area (Å²) in [7, 11) is 0. The molecular weight excluding hydrogens is 412 g/mol. The highest BCUT2D eigenvalue weighted by Crippen LogP contribution is 2.21. The second kappa shape index (κ2) is 10.2. The molecule has 0 saturated heterocycles. The molecule has 2 aromatic heterocycles. The first-order valence-electron chi connectivity index (χ1n) is 8.95. The van der Waals surface area contributed by atoms with E-state index in [2.05, 4.69) is 22.1 Å². The second-order valence-electron chi connectivity index (χ2n) is 6.22. The normalized spacial score (nSPS) is 9.80. The van der Waals surface area contributed by atoms with Gasteiger partial charge in [-0.15, -0.1) is 22.7 Å². The number of benzene rings is 2. The maximum absolute atomic E-state index is 8.91. The van der Waals surface area contributed by atoms with Crippen molar-refractivity contribution >= 4 is 32.9 Å². The van der Waals surface area contributed by atoms with Gasteiger partial charge in [0.25, 0.3) is 0 Å². The number of nitrogens with zero attached hydrogens (tertiary/aromatic N) is 4. The summed E-state index contributed by atoms with van der Waals surface area (Å²) in [6, 6.07) is 19.5. The average Bonchev–Trinajstić information content (AvgIpc) is 3.37. The molecule has 0 saturated carbocycles. The molecule has 148 valence electrons. The van der Waals surface area contributed by atoms with Crippen molar-refractivity contribution in [3.8, 4) is 12.1 Å². The summed E-state index contributed by atoms with van der Waals surface area (Å²) < 4.78 is 0. The Bertz CT molecular complexity index is 1120. The van der Waals surface area contributed by atoms with Crippen molar-refractivity contribution in [2.24, 2.45) is 0 Å². The maximum atomic E-state index is 8.91. The van der Waals surface area contributed by atoms with Crippen LogP contribution in [0.1, 0.15) is 32.0 Å².